The average molecular weight is 208 g/mol. The summed E-state index contributed by atoms with van der Waals surface area (Å²) in [5.41, 5.74) is 1.30. The SMILES string of the molecule is Cc1occc1CN(C)C[C@H]1CCCN1. The minimum Gasteiger partial charge on any atom is -0.469 e. The minimum atomic E-state index is 0.683. The average Bonchev–Trinajstić information content (AvgIpc) is 2.79. The molecule has 1 N–H and O–H groups in total. The van der Waals surface area contributed by atoms with Gasteiger partial charge < -0.3 is 14.6 Å². The van der Waals surface area contributed by atoms with Crippen molar-refractivity contribution in [2.24, 2.45) is 0 Å². The fourth-order valence-electron chi connectivity index (χ4n) is 2.22. The molecule has 0 radical (unpaired) electrons. The molecule has 3 nitrogen and oxygen atoms in total. The second-order valence-electron chi connectivity index (χ2n) is 4.49. The van der Waals surface area contributed by atoms with Gasteiger partial charge >= 0.3 is 0 Å². The molecule has 1 aromatic rings. The maximum Gasteiger partial charge on any atom is 0.105 e. The summed E-state index contributed by atoms with van der Waals surface area (Å²) in [5.74, 6) is 1.04. The van der Waals surface area contributed by atoms with Crippen LogP contribution in [0.3, 0.4) is 0 Å². The molecule has 1 aromatic heterocycles. The molecule has 1 saturated heterocycles. The first-order chi connectivity index (χ1) is 7.25. The lowest BCUT2D eigenvalue weighted by Crippen LogP contribution is -2.34. The molecule has 2 heterocycles. The minimum absolute atomic E-state index is 0.683. The van der Waals surface area contributed by atoms with E-state index < -0.39 is 0 Å². The van der Waals surface area contributed by atoms with Crippen molar-refractivity contribution in [3.63, 3.8) is 0 Å². The highest BCUT2D eigenvalue weighted by molar-refractivity contribution is 5.15. The highest BCUT2D eigenvalue weighted by Crippen LogP contribution is 2.12. The molecule has 0 amide bonds. The molecular weight excluding hydrogens is 188 g/mol. The second kappa shape index (κ2) is 4.81. The molecule has 1 aliphatic heterocycles. The van der Waals surface area contributed by atoms with Crippen molar-refractivity contribution in [3.05, 3.63) is 23.7 Å². The fraction of sp³-hybridized carbons (Fsp3) is 0.667. The van der Waals surface area contributed by atoms with Crippen LogP contribution in [0.25, 0.3) is 0 Å². The Morgan fingerprint density at radius 2 is 2.47 bits per heavy atom. The zero-order chi connectivity index (χ0) is 10.7. The number of furan rings is 1. The molecule has 0 saturated carbocycles. The molecule has 84 valence electrons. The van der Waals surface area contributed by atoms with Crippen molar-refractivity contribution in [1.29, 1.82) is 0 Å². The van der Waals surface area contributed by atoms with Gasteiger partial charge in [-0.15, -0.1) is 0 Å². The molecule has 0 spiro atoms. The Morgan fingerprint density at radius 3 is 3.07 bits per heavy atom. The van der Waals surface area contributed by atoms with Crippen molar-refractivity contribution in [2.45, 2.75) is 32.4 Å². The van der Waals surface area contributed by atoms with Crippen molar-refractivity contribution in [2.75, 3.05) is 20.1 Å². The van der Waals surface area contributed by atoms with E-state index in [-0.39, 0.29) is 0 Å². The molecule has 15 heavy (non-hydrogen) atoms. The van der Waals surface area contributed by atoms with E-state index in [9.17, 15) is 0 Å². The summed E-state index contributed by atoms with van der Waals surface area (Å²) in [4.78, 5) is 2.36. The highest BCUT2D eigenvalue weighted by atomic mass is 16.3. The number of hydrogen-bond acceptors (Lipinski definition) is 3. The molecule has 1 atom stereocenters. The van der Waals surface area contributed by atoms with Crippen molar-refractivity contribution in [3.8, 4) is 0 Å². The fourth-order valence-corrected chi connectivity index (χ4v) is 2.22. The van der Waals surface area contributed by atoms with Gasteiger partial charge in [-0.05, 0) is 39.4 Å². The van der Waals surface area contributed by atoms with Gasteiger partial charge in [0.15, 0.2) is 0 Å². The van der Waals surface area contributed by atoms with Crippen LogP contribution in [-0.4, -0.2) is 31.1 Å². The molecule has 0 bridgehead atoms. The Balaban J connectivity index is 1.81. The van der Waals surface area contributed by atoms with Crippen LogP contribution < -0.4 is 5.32 Å². The van der Waals surface area contributed by atoms with Crippen LogP contribution in [0.15, 0.2) is 16.7 Å². The zero-order valence-electron chi connectivity index (χ0n) is 9.62. The third kappa shape index (κ3) is 2.83. The van der Waals surface area contributed by atoms with Gasteiger partial charge in [0.1, 0.15) is 5.76 Å². The van der Waals surface area contributed by atoms with Crippen molar-refractivity contribution in [1.82, 2.24) is 10.2 Å². The Hall–Kier alpha value is -0.800. The first-order valence-electron chi connectivity index (χ1n) is 5.70. The summed E-state index contributed by atoms with van der Waals surface area (Å²) in [5, 5.41) is 3.52. The van der Waals surface area contributed by atoms with Crippen LogP contribution in [0.4, 0.5) is 0 Å². The van der Waals surface area contributed by atoms with Gasteiger partial charge in [-0.2, -0.15) is 0 Å². The van der Waals surface area contributed by atoms with E-state index in [1.54, 1.807) is 6.26 Å². The Kier molecular flexibility index (Phi) is 3.44. The lowest BCUT2D eigenvalue weighted by Gasteiger charge is -2.20. The topological polar surface area (TPSA) is 28.4 Å². The third-order valence-electron chi connectivity index (χ3n) is 3.10. The largest absolute Gasteiger partial charge is 0.469 e. The van der Waals surface area contributed by atoms with E-state index in [1.807, 2.05) is 6.92 Å². The quantitative estimate of drug-likeness (QED) is 0.817. The molecule has 3 heteroatoms. The van der Waals surface area contributed by atoms with Crippen LogP contribution in [0.5, 0.6) is 0 Å². The standard InChI is InChI=1S/C12H20N2O/c1-10-11(5-7-15-10)8-14(2)9-12-4-3-6-13-12/h5,7,12-13H,3-4,6,8-9H2,1-2H3/t12-/m1/s1. The van der Waals surface area contributed by atoms with Gasteiger partial charge in [0.2, 0.25) is 0 Å². The molecule has 0 unspecified atom stereocenters. The monoisotopic (exact) mass is 208 g/mol. The lowest BCUT2D eigenvalue weighted by molar-refractivity contribution is 0.291. The van der Waals surface area contributed by atoms with Crippen LogP contribution >= 0.6 is 0 Å². The van der Waals surface area contributed by atoms with E-state index in [4.69, 9.17) is 4.42 Å². The predicted octanol–water partition coefficient (Wildman–Crippen LogP) is 1.77. The number of likely N-dealkylation sites (N-methyl/N-ethyl adjacent to an activating group) is 1. The summed E-state index contributed by atoms with van der Waals surface area (Å²) in [6, 6.07) is 2.75. The maximum absolute atomic E-state index is 5.29. The van der Waals surface area contributed by atoms with Crippen molar-refractivity contribution >= 4 is 0 Å². The van der Waals surface area contributed by atoms with Crippen LogP contribution in [0.2, 0.25) is 0 Å². The Labute approximate surface area is 91.4 Å². The first kappa shape index (κ1) is 10.7. The number of nitrogens with zero attached hydrogens (tertiary/aromatic N) is 1. The van der Waals surface area contributed by atoms with E-state index in [1.165, 1.54) is 24.9 Å². The van der Waals surface area contributed by atoms with Gasteiger partial charge in [-0.3, -0.25) is 0 Å². The number of nitrogens with one attached hydrogen (secondary N) is 1. The number of aryl methyl sites for hydroxylation is 1. The lowest BCUT2D eigenvalue weighted by atomic mass is 10.2. The number of rotatable bonds is 4. The summed E-state index contributed by atoms with van der Waals surface area (Å²) < 4.78 is 5.29. The van der Waals surface area contributed by atoms with Gasteiger partial charge in [0.25, 0.3) is 0 Å². The third-order valence-corrected chi connectivity index (χ3v) is 3.10. The van der Waals surface area contributed by atoms with Gasteiger partial charge in [0.05, 0.1) is 6.26 Å². The molecule has 2 rings (SSSR count). The van der Waals surface area contributed by atoms with E-state index >= 15 is 0 Å². The predicted molar refractivity (Wildman–Crippen MR) is 60.8 cm³/mol. The molecule has 0 aliphatic carbocycles. The normalized spacial score (nSPS) is 21.4. The van der Waals surface area contributed by atoms with Crippen LogP contribution in [0, 0.1) is 6.92 Å². The first-order valence-corrected chi connectivity index (χ1v) is 5.70. The zero-order valence-corrected chi connectivity index (χ0v) is 9.62. The Bertz CT molecular complexity index is 302. The summed E-state index contributed by atoms with van der Waals surface area (Å²) in [6.07, 6.45) is 4.41. The molecular formula is C12H20N2O. The molecule has 1 fully saturated rings. The molecule has 1 aliphatic rings. The Morgan fingerprint density at radius 1 is 1.60 bits per heavy atom. The van der Waals surface area contributed by atoms with Crippen molar-refractivity contribution < 1.29 is 4.42 Å². The summed E-state index contributed by atoms with van der Waals surface area (Å²) in [7, 11) is 2.17. The maximum atomic E-state index is 5.29. The number of hydrogen-bond donors (Lipinski definition) is 1. The van der Waals surface area contributed by atoms with E-state index in [0.717, 1.165) is 18.8 Å². The summed E-state index contributed by atoms with van der Waals surface area (Å²) >= 11 is 0. The van der Waals surface area contributed by atoms with Gasteiger partial charge in [-0.1, -0.05) is 0 Å². The van der Waals surface area contributed by atoms with Crippen LogP contribution in [-0.2, 0) is 6.54 Å². The van der Waals surface area contributed by atoms with Gasteiger partial charge in [0, 0.05) is 24.7 Å². The smallest absolute Gasteiger partial charge is 0.105 e. The highest BCUT2D eigenvalue weighted by Gasteiger charge is 2.16. The van der Waals surface area contributed by atoms with E-state index in [2.05, 4.69) is 23.3 Å². The van der Waals surface area contributed by atoms with Gasteiger partial charge in [-0.25, -0.2) is 0 Å². The van der Waals surface area contributed by atoms with E-state index in [0.29, 0.717) is 6.04 Å². The molecule has 0 aromatic carbocycles. The van der Waals surface area contributed by atoms with Crippen LogP contribution in [0.1, 0.15) is 24.2 Å². The summed E-state index contributed by atoms with van der Waals surface area (Å²) in [6.45, 7) is 5.32. The second-order valence-corrected chi connectivity index (χ2v) is 4.49.